The van der Waals surface area contributed by atoms with Crippen molar-refractivity contribution in [2.45, 2.75) is 32.4 Å². The first-order valence-corrected chi connectivity index (χ1v) is 8.08. The standard InChI is InChI=1S/C19H25N3/c1-15-17(11-12-19(20-15)21(2)3)18-10-7-13-22(18)14-16-8-5-4-6-9-16/h4-6,8-9,11-12,18H,7,10,13-14H2,1-3H3/t18-/m1/s1. The summed E-state index contributed by atoms with van der Waals surface area (Å²) in [5, 5.41) is 0. The third kappa shape index (κ3) is 3.14. The van der Waals surface area contributed by atoms with Crippen LogP contribution in [0.25, 0.3) is 0 Å². The molecule has 1 fully saturated rings. The normalized spacial score (nSPS) is 18.6. The van der Waals surface area contributed by atoms with Gasteiger partial charge in [0.25, 0.3) is 0 Å². The summed E-state index contributed by atoms with van der Waals surface area (Å²) in [7, 11) is 4.08. The number of hydrogen-bond acceptors (Lipinski definition) is 3. The Kier molecular flexibility index (Phi) is 4.44. The lowest BCUT2D eigenvalue weighted by Crippen LogP contribution is -2.24. The fraction of sp³-hybridized carbons (Fsp3) is 0.421. The highest BCUT2D eigenvalue weighted by Crippen LogP contribution is 2.34. The zero-order chi connectivity index (χ0) is 15.5. The minimum atomic E-state index is 0.504. The monoisotopic (exact) mass is 295 g/mol. The lowest BCUT2D eigenvalue weighted by atomic mass is 10.0. The predicted molar refractivity (Wildman–Crippen MR) is 92.1 cm³/mol. The van der Waals surface area contributed by atoms with Gasteiger partial charge in [0, 0.05) is 32.4 Å². The van der Waals surface area contributed by atoms with Crippen molar-refractivity contribution >= 4 is 5.82 Å². The van der Waals surface area contributed by atoms with Crippen LogP contribution in [-0.2, 0) is 6.54 Å². The molecule has 22 heavy (non-hydrogen) atoms. The van der Waals surface area contributed by atoms with Crippen LogP contribution in [0.15, 0.2) is 42.5 Å². The van der Waals surface area contributed by atoms with Crippen molar-refractivity contribution in [2.75, 3.05) is 25.5 Å². The average molecular weight is 295 g/mol. The van der Waals surface area contributed by atoms with Crippen LogP contribution in [-0.4, -0.2) is 30.5 Å². The maximum absolute atomic E-state index is 4.76. The number of pyridine rings is 1. The number of hydrogen-bond donors (Lipinski definition) is 0. The highest BCUT2D eigenvalue weighted by atomic mass is 15.2. The molecule has 0 aliphatic carbocycles. The summed E-state index contributed by atoms with van der Waals surface area (Å²) in [6.07, 6.45) is 2.50. The van der Waals surface area contributed by atoms with E-state index >= 15 is 0 Å². The molecule has 0 amide bonds. The van der Waals surface area contributed by atoms with Gasteiger partial charge in [0.15, 0.2) is 0 Å². The number of aryl methyl sites for hydroxylation is 1. The Bertz CT molecular complexity index is 622. The van der Waals surface area contributed by atoms with E-state index in [2.05, 4.69) is 59.2 Å². The summed E-state index contributed by atoms with van der Waals surface area (Å²) in [4.78, 5) is 9.41. The molecule has 0 bridgehead atoms. The molecule has 1 aliphatic heterocycles. The highest BCUT2D eigenvalue weighted by Gasteiger charge is 2.27. The van der Waals surface area contributed by atoms with Crippen molar-refractivity contribution < 1.29 is 0 Å². The van der Waals surface area contributed by atoms with E-state index < -0.39 is 0 Å². The zero-order valence-corrected chi connectivity index (χ0v) is 13.8. The van der Waals surface area contributed by atoms with Gasteiger partial charge in [-0.25, -0.2) is 4.98 Å². The minimum absolute atomic E-state index is 0.504. The molecule has 1 aromatic carbocycles. The van der Waals surface area contributed by atoms with Gasteiger partial charge in [-0.05, 0) is 43.5 Å². The molecule has 116 valence electrons. The summed E-state index contributed by atoms with van der Waals surface area (Å²) in [5.41, 5.74) is 3.94. The third-order valence-electron chi connectivity index (χ3n) is 4.52. The Morgan fingerprint density at radius 2 is 1.91 bits per heavy atom. The Hall–Kier alpha value is -1.87. The van der Waals surface area contributed by atoms with Gasteiger partial charge in [-0.3, -0.25) is 4.90 Å². The van der Waals surface area contributed by atoms with Crippen LogP contribution < -0.4 is 4.90 Å². The highest BCUT2D eigenvalue weighted by molar-refractivity contribution is 5.41. The van der Waals surface area contributed by atoms with Gasteiger partial charge in [0.2, 0.25) is 0 Å². The van der Waals surface area contributed by atoms with Crippen molar-refractivity contribution in [3.8, 4) is 0 Å². The van der Waals surface area contributed by atoms with Crippen LogP contribution >= 0.6 is 0 Å². The first-order valence-electron chi connectivity index (χ1n) is 8.08. The van der Waals surface area contributed by atoms with Crippen LogP contribution in [0.3, 0.4) is 0 Å². The van der Waals surface area contributed by atoms with Gasteiger partial charge in [-0.1, -0.05) is 36.4 Å². The van der Waals surface area contributed by atoms with Crippen molar-refractivity contribution in [3.05, 3.63) is 59.3 Å². The molecular formula is C19H25N3. The molecule has 2 heterocycles. The number of anilines is 1. The summed E-state index contributed by atoms with van der Waals surface area (Å²) in [6, 6.07) is 15.7. The van der Waals surface area contributed by atoms with Gasteiger partial charge in [0.1, 0.15) is 5.82 Å². The zero-order valence-electron chi connectivity index (χ0n) is 13.8. The molecule has 3 heteroatoms. The quantitative estimate of drug-likeness (QED) is 0.855. The third-order valence-corrected chi connectivity index (χ3v) is 4.52. The van der Waals surface area contributed by atoms with E-state index in [1.54, 1.807) is 0 Å². The number of nitrogens with zero attached hydrogens (tertiary/aromatic N) is 3. The summed E-state index contributed by atoms with van der Waals surface area (Å²) in [5.74, 6) is 1.04. The number of benzene rings is 1. The Labute approximate surface area is 133 Å². The van der Waals surface area contributed by atoms with Crippen LogP contribution in [0.2, 0.25) is 0 Å². The average Bonchev–Trinajstić information content (AvgIpc) is 2.96. The van der Waals surface area contributed by atoms with Crippen LogP contribution in [0.1, 0.15) is 35.7 Å². The van der Waals surface area contributed by atoms with Crippen molar-refractivity contribution in [1.29, 1.82) is 0 Å². The van der Waals surface area contributed by atoms with E-state index in [1.807, 2.05) is 14.1 Å². The van der Waals surface area contributed by atoms with Crippen LogP contribution in [0, 0.1) is 6.92 Å². The van der Waals surface area contributed by atoms with Crippen molar-refractivity contribution in [1.82, 2.24) is 9.88 Å². The molecule has 0 radical (unpaired) electrons. The molecule has 3 rings (SSSR count). The molecule has 1 aliphatic rings. The van der Waals surface area contributed by atoms with Gasteiger partial charge in [-0.2, -0.15) is 0 Å². The SMILES string of the molecule is Cc1nc(N(C)C)ccc1[C@H]1CCCN1Cc1ccccc1. The molecule has 1 aromatic heterocycles. The second kappa shape index (κ2) is 6.49. The summed E-state index contributed by atoms with van der Waals surface area (Å²) >= 11 is 0. The van der Waals surface area contributed by atoms with Gasteiger partial charge in [-0.15, -0.1) is 0 Å². The first kappa shape index (κ1) is 15.0. The maximum atomic E-state index is 4.76. The maximum Gasteiger partial charge on any atom is 0.128 e. The van der Waals surface area contributed by atoms with Gasteiger partial charge >= 0.3 is 0 Å². The van der Waals surface area contributed by atoms with Gasteiger partial charge in [0.05, 0.1) is 0 Å². The fourth-order valence-corrected chi connectivity index (χ4v) is 3.35. The van der Waals surface area contributed by atoms with Crippen molar-refractivity contribution in [2.24, 2.45) is 0 Å². The molecule has 1 atom stereocenters. The molecule has 0 unspecified atom stereocenters. The second-order valence-electron chi connectivity index (χ2n) is 6.35. The number of rotatable bonds is 4. The first-order chi connectivity index (χ1) is 10.6. The second-order valence-corrected chi connectivity index (χ2v) is 6.35. The number of aromatic nitrogens is 1. The van der Waals surface area contributed by atoms with E-state index in [-0.39, 0.29) is 0 Å². The largest absolute Gasteiger partial charge is 0.363 e. The van der Waals surface area contributed by atoms with E-state index in [9.17, 15) is 0 Å². The van der Waals surface area contributed by atoms with Crippen molar-refractivity contribution in [3.63, 3.8) is 0 Å². The van der Waals surface area contributed by atoms with Crippen LogP contribution in [0.4, 0.5) is 5.82 Å². The van der Waals surface area contributed by atoms with E-state index in [0.717, 1.165) is 18.1 Å². The Morgan fingerprint density at radius 1 is 1.14 bits per heavy atom. The minimum Gasteiger partial charge on any atom is -0.363 e. The molecule has 0 saturated carbocycles. The molecule has 1 saturated heterocycles. The van der Waals surface area contributed by atoms with E-state index in [0.29, 0.717) is 6.04 Å². The van der Waals surface area contributed by atoms with Crippen LogP contribution in [0.5, 0.6) is 0 Å². The lowest BCUT2D eigenvalue weighted by molar-refractivity contribution is 0.247. The molecular weight excluding hydrogens is 270 g/mol. The smallest absolute Gasteiger partial charge is 0.128 e. The summed E-state index contributed by atoms with van der Waals surface area (Å²) < 4.78 is 0. The Balaban J connectivity index is 1.81. The Morgan fingerprint density at radius 3 is 2.59 bits per heavy atom. The lowest BCUT2D eigenvalue weighted by Gasteiger charge is -2.26. The summed E-state index contributed by atoms with van der Waals surface area (Å²) in [6.45, 7) is 4.34. The number of likely N-dealkylation sites (tertiary alicyclic amines) is 1. The van der Waals surface area contributed by atoms with Gasteiger partial charge < -0.3 is 4.90 Å². The topological polar surface area (TPSA) is 19.4 Å². The fourth-order valence-electron chi connectivity index (χ4n) is 3.35. The predicted octanol–water partition coefficient (Wildman–Crippen LogP) is 3.79. The molecule has 0 spiro atoms. The molecule has 3 nitrogen and oxygen atoms in total. The molecule has 0 N–H and O–H groups in total. The van der Waals surface area contributed by atoms with E-state index in [1.165, 1.54) is 30.5 Å². The van der Waals surface area contributed by atoms with E-state index in [4.69, 9.17) is 4.98 Å². The molecule has 2 aromatic rings.